The molecule has 1 fully saturated rings. The molecule has 0 bridgehead atoms. The molecule has 4 heteroatoms. The van der Waals surface area contributed by atoms with E-state index in [1.165, 1.54) is 57.4 Å². The standard InChI is InChI=1S/C16H22FNO2/c1-11(12-6-4-3-5-7-12)18-15-10-13(17)8-9-14(15)16(19)20-2/h8-12,18H,3-7H2,1-2H3. The zero-order valence-corrected chi connectivity index (χ0v) is 12.1. The molecule has 1 unspecified atom stereocenters. The minimum absolute atomic E-state index is 0.223. The van der Waals surface area contributed by atoms with Crippen LogP contribution in [0.3, 0.4) is 0 Å². The molecule has 2 rings (SSSR count). The molecule has 0 radical (unpaired) electrons. The molecule has 0 amide bonds. The molecule has 1 aromatic carbocycles. The van der Waals surface area contributed by atoms with Gasteiger partial charge in [-0.3, -0.25) is 0 Å². The second kappa shape index (κ2) is 6.73. The maximum Gasteiger partial charge on any atom is 0.339 e. The van der Waals surface area contributed by atoms with Crippen molar-refractivity contribution < 1.29 is 13.9 Å². The Morgan fingerprint density at radius 3 is 2.70 bits per heavy atom. The highest BCUT2D eigenvalue weighted by Gasteiger charge is 2.22. The fourth-order valence-corrected chi connectivity index (χ4v) is 2.92. The van der Waals surface area contributed by atoms with E-state index in [4.69, 9.17) is 4.74 Å². The predicted molar refractivity (Wildman–Crippen MR) is 77.4 cm³/mol. The van der Waals surface area contributed by atoms with Crippen LogP contribution in [-0.2, 0) is 4.74 Å². The van der Waals surface area contributed by atoms with Crippen molar-refractivity contribution in [3.05, 3.63) is 29.6 Å². The molecule has 1 aliphatic rings. The topological polar surface area (TPSA) is 38.3 Å². The average Bonchev–Trinajstić information content (AvgIpc) is 2.47. The first kappa shape index (κ1) is 14.8. The molecule has 0 aromatic heterocycles. The predicted octanol–water partition coefficient (Wildman–Crippen LogP) is 3.99. The maximum atomic E-state index is 13.4. The third-order valence-electron chi connectivity index (χ3n) is 4.13. The van der Waals surface area contributed by atoms with Gasteiger partial charge < -0.3 is 10.1 Å². The molecule has 1 atom stereocenters. The van der Waals surface area contributed by atoms with Gasteiger partial charge in [-0.1, -0.05) is 19.3 Å². The summed E-state index contributed by atoms with van der Waals surface area (Å²) in [6.45, 7) is 2.10. The average molecular weight is 279 g/mol. The summed E-state index contributed by atoms with van der Waals surface area (Å²) in [5.74, 6) is -0.211. The van der Waals surface area contributed by atoms with Gasteiger partial charge in [-0.05, 0) is 43.9 Å². The van der Waals surface area contributed by atoms with Crippen molar-refractivity contribution in [2.45, 2.75) is 45.1 Å². The fourth-order valence-electron chi connectivity index (χ4n) is 2.92. The molecule has 20 heavy (non-hydrogen) atoms. The molecule has 0 saturated heterocycles. The van der Waals surface area contributed by atoms with Gasteiger partial charge in [-0.2, -0.15) is 0 Å². The number of methoxy groups -OCH3 is 1. The number of benzene rings is 1. The van der Waals surface area contributed by atoms with Gasteiger partial charge in [0.15, 0.2) is 0 Å². The zero-order valence-electron chi connectivity index (χ0n) is 12.1. The first-order valence-electron chi connectivity index (χ1n) is 7.26. The number of halogens is 1. The lowest BCUT2D eigenvalue weighted by Crippen LogP contribution is -2.28. The summed E-state index contributed by atoms with van der Waals surface area (Å²) in [5, 5.41) is 3.30. The number of hydrogen-bond donors (Lipinski definition) is 1. The lowest BCUT2D eigenvalue weighted by Gasteiger charge is -2.29. The number of anilines is 1. The van der Waals surface area contributed by atoms with E-state index >= 15 is 0 Å². The van der Waals surface area contributed by atoms with Crippen LogP contribution in [0.25, 0.3) is 0 Å². The summed E-state index contributed by atoms with van der Waals surface area (Å²) in [7, 11) is 1.33. The molecule has 0 aliphatic heterocycles. The highest BCUT2D eigenvalue weighted by Crippen LogP contribution is 2.29. The molecular weight excluding hydrogens is 257 g/mol. The van der Waals surface area contributed by atoms with Crippen molar-refractivity contribution in [3.8, 4) is 0 Å². The monoisotopic (exact) mass is 279 g/mol. The molecule has 1 aromatic rings. The molecular formula is C16H22FNO2. The number of rotatable bonds is 4. The highest BCUT2D eigenvalue weighted by molar-refractivity contribution is 5.95. The maximum absolute atomic E-state index is 13.4. The third-order valence-corrected chi connectivity index (χ3v) is 4.13. The summed E-state index contributed by atoms with van der Waals surface area (Å²) in [6, 6.07) is 4.34. The van der Waals surface area contributed by atoms with Crippen molar-refractivity contribution in [3.63, 3.8) is 0 Å². The number of ether oxygens (including phenoxy) is 1. The molecule has 1 saturated carbocycles. The van der Waals surface area contributed by atoms with Crippen LogP contribution >= 0.6 is 0 Å². The summed E-state index contributed by atoms with van der Waals surface area (Å²) in [5.41, 5.74) is 0.909. The Kier molecular flexibility index (Phi) is 4.99. The molecule has 110 valence electrons. The van der Waals surface area contributed by atoms with Gasteiger partial charge in [0.25, 0.3) is 0 Å². The van der Waals surface area contributed by atoms with E-state index in [1.54, 1.807) is 0 Å². The van der Waals surface area contributed by atoms with E-state index in [0.29, 0.717) is 17.2 Å². The summed E-state index contributed by atoms with van der Waals surface area (Å²) >= 11 is 0. The molecule has 1 N–H and O–H groups in total. The Labute approximate surface area is 119 Å². The lowest BCUT2D eigenvalue weighted by atomic mass is 9.84. The normalized spacial score (nSPS) is 17.6. The van der Waals surface area contributed by atoms with Crippen molar-refractivity contribution in [2.24, 2.45) is 5.92 Å². The van der Waals surface area contributed by atoms with Crippen LogP contribution in [0.5, 0.6) is 0 Å². The fraction of sp³-hybridized carbons (Fsp3) is 0.562. The molecule has 3 nitrogen and oxygen atoms in total. The number of carbonyl (C=O) groups is 1. The van der Waals surface area contributed by atoms with Crippen LogP contribution in [0.2, 0.25) is 0 Å². The minimum Gasteiger partial charge on any atom is -0.465 e. The molecule has 1 aliphatic carbocycles. The van der Waals surface area contributed by atoms with Crippen molar-refractivity contribution in [1.82, 2.24) is 0 Å². The number of carbonyl (C=O) groups excluding carboxylic acids is 1. The van der Waals surface area contributed by atoms with Gasteiger partial charge in [-0.25, -0.2) is 9.18 Å². The van der Waals surface area contributed by atoms with Gasteiger partial charge in [0.1, 0.15) is 5.82 Å². The smallest absolute Gasteiger partial charge is 0.339 e. The van der Waals surface area contributed by atoms with Crippen LogP contribution in [-0.4, -0.2) is 19.1 Å². The highest BCUT2D eigenvalue weighted by atomic mass is 19.1. The van der Waals surface area contributed by atoms with Gasteiger partial charge in [0.05, 0.1) is 18.4 Å². The summed E-state index contributed by atoms with van der Waals surface area (Å²) < 4.78 is 18.2. The summed E-state index contributed by atoms with van der Waals surface area (Å²) in [4.78, 5) is 11.7. The quantitative estimate of drug-likeness (QED) is 0.847. The van der Waals surface area contributed by atoms with E-state index in [9.17, 15) is 9.18 Å². The Balaban J connectivity index is 2.14. The largest absolute Gasteiger partial charge is 0.465 e. The second-order valence-corrected chi connectivity index (χ2v) is 5.51. The third kappa shape index (κ3) is 3.50. The van der Waals surface area contributed by atoms with Crippen molar-refractivity contribution >= 4 is 11.7 Å². The van der Waals surface area contributed by atoms with Crippen molar-refractivity contribution in [1.29, 1.82) is 0 Å². The van der Waals surface area contributed by atoms with Gasteiger partial charge in [-0.15, -0.1) is 0 Å². The van der Waals surface area contributed by atoms with Crippen LogP contribution < -0.4 is 5.32 Å². The SMILES string of the molecule is COC(=O)c1ccc(F)cc1NC(C)C1CCCCC1. The Morgan fingerprint density at radius 2 is 2.05 bits per heavy atom. The zero-order chi connectivity index (χ0) is 14.5. The number of esters is 1. The molecule has 0 heterocycles. The lowest BCUT2D eigenvalue weighted by molar-refractivity contribution is 0.0601. The van der Waals surface area contributed by atoms with Crippen molar-refractivity contribution in [2.75, 3.05) is 12.4 Å². The summed E-state index contributed by atoms with van der Waals surface area (Å²) in [6.07, 6.45) is 6.19. The number of nitrogens with one attached hydrogen (secondary N) is 1. The first-order chi connectivity index (χ1) is 9.61. The second-order valence-electron chi connectivity index (χ2n) is 5.51. The van der Waals surface area contributed by atoms with Crippen LogP contribution in [0.1, 0.15) is 49.4 Å². The van der Waals surface area contributed by atoms with E-state index in [2.05, 4.69) is 12.2 Å². The Bertz CT molecular complexity index is 470. The Morgan fingerprint density at radius 1 is 1.35 bits per heavy atom. The number of hydrogen-bond acceptors (Lipinski definition) is 3. The Hall–Kier alpha value is -1.58. The van der Waals surface area contributed by atoms with E-state index in [0.717, 1.165) is 0 Å². The van der Waals surface area contributed by atoms with Gasteiger partial charge in [0.2, 0.25) is 0 Å². The van der Waals surface area contributed by atoms with E-state index < -0.39 is 5.97 Å². The minimum atomic E-state index is -0.441. The van der Waals surface area contributed by atoms with Crippen LogP contribution in [0.4, 0.5) is 10.1 Å². The van der Waals surface area contributed by atoms with Crippen LogP contribution in [0, 0.1) is 11.7 Å². The van der Waals surface area contributed by atoms with E-state index in [-0.39, 0.29) is 11.9 Å². The molecule has 0 spiro atoms. The van der Waals surface area contributed by atoms with Crippen LogP contribution in [0.15, 0.2) is 18.2 Å². The first-order valence-corrected chi connectivity index (χ1v) is 7.26. The van der Waals surface area contributed by atoms with Gasteiger partial charge >= 0.3 is 5.97 Å². The van der Waals surface area contributed by atoms with E-state index in [1.807, 2.05) is 0 Å². The van der Waals surface area contributed by atoms with Gasteiger partial charge in [0, 0.05) is 6.04 Å².